The molecule has 2 rings (SSSR count). The van der Waals surface area contributed by atoms with Gasteiger partial charge in [0.1, 0.15) is 12.2 Å². The summed E-state index contributed by atoms with van der Waals surface area (Å²) in [5.41, 5.74) is 0. The first kappa shape index (κ1) is 13.5. The maximum absolute atomic E-state index is 5.54. The zero-order valence-electron chi connectivity index (χ0n) is 11.3. The number of nitrogens with zero attached hydrogens (tertiary/aromatic N) is 4. The van der Waals surface area contributed by atoms with Crippen molar-refractivity contribution in [3.05, 3.63) is 12.2 Å². The van der Waals surface area contributed by atoms with Gasteiger partial charge in [0, 0.05) is 25.7 Å². The monoisotopic (exact) mass is 253 g/mol. The van der Waals surface area contributed by atoms with Gasteiger partial charge in [-0.1, -0.05) is 6.92 Å². The van der Waals surface area contributed by atoms with Gasteiger partial charge in [-0.25, -0.2) is 9.67 Å². The Bertz CT molecular complexity index is 352. The molecular weight excluding hydrogens is 230 g/mol. The molecule has 1 N–H and O–H groups in total. The highest BCUT2D eigenvalue weighted by Crippen LogP contribution is 2.10. The summed E-state index contributed by atoms with van der Waals surface area (Å²) in [6, 6.07) is 0.426. The van der Waals surface area contributed by atoms with Crippen LogP contribution in [0.4, 0.5) is 0 Å². The Morgan fingerprint density at radius 3 is 3.22 bits per heavy atom. The third kappa shape index (κ3) is 3.28. The van der Waals surface area contributed by atoms with Crippen molar-refractivity contribution in [2.75, 3.05) is 33.4 Å². The Balaban J connectivity index is 1.99. The van der Waals surface area contributed by atoms with Crippen LogP contribution in [0.2, 0.25) is 0 Å². The van der Waals surface area contributed by atoms with Crippen LogP contribution >= 0.6 is 0 Å². The molecule has 1 aliphatic heterocycles. The Kier molecular flexibility index (Phi) is 5.10. The van der Waals surface area contributed by atoms with Crippen molar-refractivity contribution < 1.29 is 4.74 Å². The van der Waals surface area contributed by atoms with Gasteiger partial charge in [-0.2, -0.15) is 5.10 Å². The molecule has 0 bridgehead atoms. The molecule has 18 heavy (non-hydrogen) atoms. The number of ether oxygens (including phenoxy) is 1. The van der Waals surface area contributed by atoms with Crippen LogP contribution in [0.1, 0.15) is 19.2 Å². The minimum absolute atomic E-state index is 0.426. The molecule has 0 spiro atoms. The van der Waals surface area contributed by atoms with Crippen molar-refractivity contribution in [3.63, 3.8) is 0 Å². The number of nitrogens with one attached hydrogen (secondary N) is 1. The van der Waals surface area contributed by atoms with Crippen molar-refractivity contribution in [3.8, 4) is 0 Å². The third-order valence-electron chi connectivity index (χ3n) is 3.26. The van der Waals surface area contributed by atoms with E-state index in [1.165, 1.54) is 0 Å². The maximum Gasteiger partial charge on any atom is 0.141 e. The molecule has 6 nitrogen and oxygen atoms in total. The van der Waals surface area contributed by atoms with Crippen molar-refractivity contribution in [1.29, 1.82) is 0 Å². The highest BCUT2D eigenvalue weighted by molar-refractivity contribution is 4.88. The minimum atomic E-state index is 0.426. The van der Waals surface area contributed by atoms with E-state index in [1.807, 2.05) is 11.7 Å². The summed E-state index contributed by atoms with van der Waals surface area (Å²) < 4.78 is 7.54. The molecule has 1 atom stereocenters. The van der Waals surface area contributed by atoms with Gasteiger partial charge in [0.25, 0.3) is 0 Å². The number of hydrogen-bond donors (Lipinski definition) is 1. The molecular formula is C12H23N5O. The van der Waals surface area contributed by atoms with Gasteiger partial charge in [-0.15, -0.1) is 0 Å². The van der Waals surface area contributed by atoms with Crippen molar-refractivity contribution in [2.24, 2.45) is 0 Å². The van der Waals surface area contributed by atoms with E-state index in [0.717, 1.165) is 51.6 Å². The molecule has 1 aromatic heterocycles. The van der Waals surface area contributed by atoms with E-state index in [-0.39, 0.29) is 0 Å². The summed E-state index contributed by atoms with van der Waals surface area (Å²) >= 11 is 0. The number of likely N-dealkylation sites (N-methyl/N-ethyl adjacent to an activating group) is 1. The van der Waals surface area contributed by atoms with E-state index < -0.39 is 0 Å². The first-order chi connectivity index (χ1) is 8.85. The predicted octanol–water partition coefficient (Wildman–Crippen LogP) is 0.108. The molecule has 0 radical (unpaired) electrons. The van der Waals surface area contributed by atoms with Crippen LogP contribution in [-0.4, -0.2) is 59.1 Å². The third-order valence-corrected chi connectivity index (χ3v) is 3.26. The van der Waals surface area contributed by atoms with Crippen molar-refractivity contribution >= 4 is 0 Å². The first-order valence-corrected chi connectivity index (χ1v) is 6.68. The predicted molar refractivity (Wildman–Crippen MR) is 69.3 cm³/mol. The fraction of sp³-hybridized carbons (Fsp3) is 0.833. The maximum atomic E-state index is 5.54. The fourth-order valence-electron chi connectivity index (χ4n) is 2.31. The second kappa shape index (κ2) is 6.82. The Labute approximate surface area is 108 Å². The molecule has 1 unspecified atom stereocenters. The SMILES string of the molecule is CCCn1ncnc1CN1CCOCC1CNC. The van der Waals surface area contributed by atoms with Crippen molar-refractivity contribution in [2.45, 2.75) is 32.5 Å². The smallest absolute Gasteiger partial charge is 0.141 e. The van der Waals surface area contributed by atoms with Gasteiger partial charge >= 0.3 is 0 Å². The normalized spacial score (nSPS) is 21.3. The molecule has 1 aromatic rings. The molecule has 0 saturated carbocycles. The summed E-state index contributed by atoms with van der Waals surface area (Å²) in [7, 11) is 1.98. The van der Waals surface area contributed by atoms with Crippen LogP contribution in [0.15, 0.2) is 6.33 Å². The highest BCUT2D eigenvalue weighted by atomic mass is 16.5. The van der Waals surface area contributed by atoms with Crippen LogP contribution in [-0.2, 0) is 17.8 Å². The molecule has 102 valence electrons. The van der Waals surface area contributed by atoms with Crippen LogP contribution in [0, 0.1) is 0 Å². The zero-order chi connectivity index (χ0) is 12.8. The number of aromatic nitrogens is 3. The molecule has 0 aromatic carbocycles. The average Bonchev–Trinajstić information content (AvgIpc) is 2.80. The van der Waals surface area contributed by atoms with Gasteiger partial charge in [-0.05, 0) is 13.5 Å². The lowest BCUT2D eigenvalue weighted by molar-refractivity contribution is -0.0120. The highest BCUT2D eigenvalue weighted by Gasteiger charge is 2.23. The largest absolute Gasteiger partial charge is 0.378 e. The lowest BCUT2D eigenvalue weighted by Gasteiger charge is -2.35. The summed E-state index contributed by atoms with van der Waals surface area (Å²) in [5, 5.41) is 7.50. The van der Waals surface area contributed by atoms with E-state index in [1.54, 1.807) is 6.33 Å². The standard InChI is InChI=1S/C12H23N5O/c1-3-4-17-12(14-10-15-17)8-16-5-6-18-9-11(16)7-13-2/h10-11,13H,3-9H2,1-2H3. The fourth-order valence-corrected chi connectivity index (χ4v) is 2.31. The number of rotatable bonds is 6. The topological polar surface area (TPSA) is 55.2 Å². The molecule has 6 heteroatoms. The number of morpholine rings is 1. The lowest BCUT2D eigenvalue weighted by atomic mass is 10.2. The average molecular weight is 253 g/mol. The van der Waals surface area contributed by atoms with Gasteiger partial charge in [0.05, 0.1) is 19.8 Å². The second-order valence-corrected chi connectivity index (χ2v) is 4.66. The molecule has 2 heterocycles. The van der Waals surface area contributed by atoms with Crippen LogP contribution < -0.4 is 5.32 Å². The van der Waals surface area contributed by atoms with E-state index in [4.69, 9.17) is 4.74 Å². The Hall–Kier alpha value is -0.980. The van der Waals surface area contributed by atoms with Crippen LogP contribution in [0.5, 0.6) is 0 Å². The van der Waals surface area contributed by atoms with Gasteiger partial charge < -0.3 is 10.1 Å². The van der Waals surface area contributed by atoms with E-state index in [9.17, 15) is 0 Å². The Morgan fingerprint density at radius 1 is 1.56 bits per heavy atom. The van der Waals surface area contributed by atoms with Crippen LogP contribution in [0.25, 0.3) is 0 Å². The summed E-state index contributed by atoms with van der Waals surface area (Å²) in [4.78, 5) is 6.80. The van der Waals surface area contributed by atoms with E-state index in [2.05, 4.69) is 27.2 Å². The quantitative estimate of drug-likeness (QED) is 0.780. The molecule has 1 aliphatic rings. The first-order valence-electron chi connectivity index (χ1n) is 6.68. The van der Waals surface area contributed by atoms with Crippen LogP contribution in [0.3, 0.4) is 0 Å². The number of aryl methyl sites for hydroxylation is 1. The molecule has 1 saturated heterocycles. The zero-order valence-corrected chi connectivity index (χ0v) is 11.3. The lowest BCUT2D eigenvalue weighted by Crippen LogP contribution is -2.49. The minimum Gasteiger partial charge on any atom is -0.378 e. The second-order valence-electron chi connectivity index (χ2n) is 4.66. The van der Waals surface area contributed by atoms with E-state index >= 15 is 0 Å². The molecule has 0 aliphatic carbocycles. The molecule has 0 amide bonds. The molecule has 1 fully saturated rings. The number of hydrogen-bond acceptors (Lipinski definition) is 5. The van der Waals surface area contributed by atoms with Gasteiger partial charge in [0.15, 0.2) is 0 Å². The summed E-state index contributed by atoms with van der Waals surface area (Å²) in [5.74, 6) is 1.06. The summed E-state index contributed by atoms with van der Waals surface area (Å²) in [6.07, 6.45) is 2.73. The van der Waals surface area contributed by atoms with Gasteiger partial charge in [0.2, 0.25) is 0 Å². The van der Waals surface area contributed by atoms with Crippen molar-refractivity contribution in [1.82, 2.24) is 25.0 Å². The van der Waals surface area contributed by atoms with E-state index in [0.29, 0.717) is 6.04 Å². The Morgan fingerprint density at radius 2 is 2.44 bits per heavy atom. The van der Waals surface area contributed by atoms with Gasteiger partial charge in [-0.3, -0.25) is 4.90 Å². The summed E-state index contributed by atoms with van der Waals surface area (Å²) in [6.45, 7) is 7.47.